The first kappa shape index (κ1) is 28.4. The number of rotatable bonds is 1. The van der Waals surface area contributed by atoms with Crippen LogP contribution < -0.4 is 18.5 Å². The van der Waals surface area contributed by atoms with Crippen molar-refractivity contribution >= 4 is 0 Å². The van der Waals surface area contributed by atoms with Gasteiger partial charge in [0.2, 0.25) is 12.5 Å². The number of aryl methyl sites for hydroxylation is 3. The topological polar surface area (TPSA) is 25.8 Å². The zero-order valence-electron chi connectivity index (χ0n) is 13.1. The van der Waals surface area contributed by atoms with E-state index in [1.165, 1.54) is 0 Å². The molecule has 2 heterocycles. The highest BCUT2D eigenvalue weighted by Gasteiger charge is 2.20. The SMILES string of the molecule is C.C.C[n+]1ccoc1CC(C)(C)C.Cn1cc[n+](C)c1.[F-].[F-]. The van der Waals surface area contributed by atoms with E-state index in [-0.39, 0.29) is 24.3 Å². The van der Waals surface area contributed by atoms with Gasteiger partial charge in [-0.2, -0.15) is 4.57 Å². The number of hydrogen-bond acceptors (Lipinski definition) is 1. The standard InChI is InChI=1S/C9H16NO.C5H9N2.2CH4.2FH/c1-9(2,3)7-8-10(4)5-6-11-8;1-6-3-4-7(2)5-6;;;;/h5-6H,7H2,1-4H3;3-5H,1-2H3;2*1H4;2*1H/q2*+1;;;;/p-2. The van der Waals surface area contributed by atoms with Crippen molar-refractivity contribution in [1.29, 1.82) is 0 Å². The van der Waals surface area contributed by atoms with Gasteiger partial charge in [-0.05, 0) is 5.41 Å². The summed E-state index contributed by atoms with van der Waals surface area (Å²) >= 11 is 0. The van der Waals surface area contributed by atoms with Gasteiger partial charge in [-0.1, -0.05) is 35.6 Å². The Kier molecular flexibility index (Phi) is 15.4. The highest BCUT2D eigenvalue weighted by molar-refractivity contribution is 4.77. The van der Waals surface area contributed by atoms with Crippen molar-refractivity contribution in [3.8, 4) is 0 Å². The van der Waals surface area contributed by atoms with Gasteiger partial charge in [-0.25, -0.2) is 9.13 Å². The van der Waals surface area contributed by atoms with Gasteiger partial charge in [0.25, 0.3) is 0 Å². The quantitative estimate of drug-likeness (QED) is 0.509. The van der Waals surface area contributed by atoms with Gasteiger partial charge < -0.3 is 13.8 Å². The van der Waals surface area contributed by atoms with Crippen LogP contribution in [0.3, 0.4) is 0 Å². The second-order valence-corrected chi connectivity index (χ2v) is 5.89. The Morgan fingerprint density at radius 2 is 1.64 bits per heavy atom. The molecule has 0 bridgehead atoms. The van der Waals surface area contributed by atoms with Crippen LogP contribution in [-0.2, 0) is 27.6 Å². The summed E-state index contributed by atoms with van der Waals surface area (Å²) in [6, 6.07) is 0. The van der Waals surface area contributed by atoms with E-state index in [1.54, 1.807) is 6.26 Å². The molecular weight excluding hydrogens is 288 g/mol. The maximum atomic E-state index is 5.30. The smallest absolute Gasteiger partial charge is 0.347 e. The summed E-state index contributed by atoms with van der Waals surface area (Å²) in [5, 5.41) is 0. The molecule has 0 spiro atoms. The van der Waals surface area contributed by atoms with Crippen LogP contribution in [0.2, 0.25) is 0 Å². The fourth-order valence-corrected chi connectivity index (χ4v) is 1.56. The van der Waals surface area contributed by atoms with E-state index in [0.29, 0.717) is 5.41 Å². The largest absolute Gasteiger partial charge is 1.00 e. The number of imidazole rings is 1. The van der Waals surface area contributed by atoms with Crippen molar-refractivity contribution in [2.24, 2.45) is 26.6 Å². The third-order valence-electron chi connectivity index (χ3n) is 2.46. The summed E-state index contributed by atoms with van der Waals surface area (Å²) < 4.78 is 11.3. The second-order valence-electron chi connectivity index (χ2n) is 5.89. The molecule has 0 saturated heterocycles. The van der Waals surface area contributed by atoms with Crippen LogP contribution in [0, 0.1) is 5.41 Å². The highest BCUT2D eigenvalue weighted by Crippen LogP contribution is 2.18. The van der Waals surface area contributed by atoms with Crippen molar-refractivity contribution < 1.29 is 23.0 Å². The van der Waals surface area contributed by atoms with E-state index in [2.05, 4.69) is 20.8 Å². The average molecular weight is 321 g/mol. The molecular formula is C16H33F2N3O. The molecule has 2 rings (SSSR count). The average Bonchev–Trinajstić information content (AvgIpc) is 2.76. The molecule has 0 aromatic carbocycles. The van der Waals surface area contributed by atoms with Gasteiger partial charge in [0.1, 0.15) is 19.4 Å². The van der Waals surface area contributed by atoms with Gasteiger partial charge >= 0.3 is 5.89 Å². The van der Waals surface area contributed by atoms with Gasteiger partial charge in [0.15, 0.2) is 6.26 Å². The second kappa shape index (κ2) is 11.9. The molecule has 0 aliphatic heterocycles. The van der Waals surface area contributed by atoms with Gasteiger partial charge in [0.05, 0.1) is 20.5 Å². The minimum Gasteiger partial charge on any atom is -1.00 e. The predicted octanol–water partition coefficient (Wildman–Crippen LogP) is -3.18. The lowest BCUT2D eigenvalue weighted by molar-refractivity contribution is -0.683. The summed E-state index contributed by atoms with van der Waals surface area (Å²) in [5.74, 6) is 1.04. The molecule has 2 aromatic rings. The summed E-state index contributed by atoms with van der Waals surface area (Å²) in [5.41, 5.74) is 0.301. The molecule has 2 aromatic heterocycles. The molecule has 4 nitrogen and oxygen atoms in total. The molecule has 0 aliphatic carbocycles. The number of hydrogen-bond donors (Lipinski definition) is 0. The van der Waals surface area contributed by atoms with Crippen LogP contribution >= 0.6 is 0 Å². The molecule has 132 valence electrons. The first-order chi connectivity index (χ1) is 8.28. The van der Waals surface area contributed by atoms with Crippen molar-refractivity contribution in [3.05, 3.63) is 37.1 Å². The third-order valence-corrected chi connectivity index (χ3v) is 2.46. The maximum absolute atomic E-state index is 5.30. The predicted molar refractivity (Wildman–Crippen MR) is 83.1 cm³/mol. The number of aromatic nitrogens is 3. The monoisotopic (exact) mass is 321 g/mol. The zero-order valence-corrected chi connectivity index (χ0v) is 13.1. The summed E-state index contributed by atoms with van der Waals surface area (Å²) in [4.78, 5) is 0. The van der Waals surface area contributed by atoms with E-state index < -0.39 is 0 Å². The van der Waals surface area contributed by atoms with Crippen molar-refractivity contribution in [3.63, 3.8) is 0 Å². The highest BCUT2D eigenvalue weighted by atomic mass is 19.0. The number of nitrogens with zero attached hydrogens (tertiary/aromatic N) is 3. The first-order valence-corrected chi connectivity index (χ1v) is 6.17. The van der Waals surface area contributed by atoms with Crippen LogP contribution in [-0.4, -0.2) is 4.57 Å². The Balaban J connectivity index is -0.000000132. The van der Waals surface area contributed by atoms with E-state index >= 15 is 0 Å². The Hall–Kier alpha value is -1.72. The molecule has 0 saturated carbocycles. The molecule has 0 amide bonds. The van der Waals surface area contributed by atoms with Crippen molar-refractivity contribution in [2.75, 3.05) is 0 Å². The molecule has 6 heteroatoms. The zero-order chi connectivity index (χ0) is 13.8. The lowest BCUT2D eigenvalue weighted by Gasteiger charge is -2.12. The maximum Gasteiger partial charge on any atom is 0.347 e. The minimum absolute atomic E-state index is 0. The summed E-state index contributed by atoms with van der Waals surface area (Å²) in [6.45, 7) is 6.61. The van der Waals surface area contributed by atoms with Gasteiger partial charge in [-0.3, -0.25) is 0 Å². The molecule has 0 fully saturated rings. The molecule has 0 radical (unpaired) electrons. The van der Waals surface area contributed by atoms with Crippen molar-refractivity contribution in [2.45, 2.75) is 42.0 Å². The number of halogens is 2. The van der Waals surface area contributed by atoms with E-state index in [0.717, 1.165) is 12.3 Å². The third kappa shape index (κ3) is 11.0. The molecule has 0 atom stereocenters. The Morgan fingerprint density at radius 3 is 1.86 bits per heavy atom. The van der Waals surface area contributed by atoms with Gasteiger partial charge in [-0.15, -0.1) is 0 Å². The van der Waals surface area contributed by atoms with Crippen LogP contribution in [0.15, 0.2) is 35.6 Å². The van der Waals surface area contributed by atoms with Crippen LogP contribution in [0.25, 0.3) is 0 Å². The van der Waals surface area contributed by atoms with Crippen LogP contribution in [0.4, 0.5) is 0 Å². The lowest BCUT2D eigenvalue weighted by atomic mass is 9.92. The van der Waals surface area contributed by atoms with Gasteiger partial charge in [0, 0.05) is 0 Å². The van der Waals surface area contributed by atoms with Crippen molar-refractivity contribution in [1.82, 2.24) is 4.57 Å². The first-order valence-electron chi connectivity index (χ1n) is 6.17. The fourth-order valence-electron chi connectivity index (χ4n) is 1.56. The number of oxazole rings is 1. The molecule has 0 N–H and O–H groups in total. The summed E-state index contributed by atoms with van der Waals surface area (Å²) in [7, 11) is 6.00. The Labute approximate surface area is 134 Å². The van der Waals surface area contributed by atoms with Crippen LogP contribution in [0.1, 0.15) is 41.5 Å². The van der Waals surface area contributed by atoms with E-state index in [4.69, 9.17) is 4.42 Å². The summed E-state index contributed by atoms with van der Waals surface area (Å²) in [6.07, 6.45) is 10.6. The van der Waals surface area contributed by atoms with Crippen LogP contribution in [0.5, 0.6) is 0 Å². The molecule has 22 heavy (non-hydrogen) atoms. The molecule has 0 unspecified atom stereocenters. The van der Waals surface area contributed by atoms with E-state index in [9.17, 15) is 0 Å². The Bertz CT molecular complexity index is 471. The normalized spacial score (nSPS) is 9.00. The lowest BCUT2D eigenvalue weighted by Crippen LogP contribution is -3.00. The molecule has 0 aliphatic rings. The minimum atomic E-state index is 0. The van der Waals surface area contributed by atoms with E-state index in [1.807, 2.05) is 59.8 Å². The Morgan fingerprint density at radius 1 is 1.09 bits per heavy atom. The fraction of sp³-hybridized carbons (Fsp3) is 0.625.